The van der Waals surface area contributed by atoms with Crippen LogP contribution in [0.2, 0.25) is 0 Å². The molecule has 2 aromatic carbocycles. The number of aromatic hydroxyl groups is 1. The molecule has 0 aliphatic carbocycles. The van der Waals surface area contributed by atoms with Crippen molar-refractivity contribution in [2.75, 3.05) is 11.0 Å². The van der Waals surface area contributed by atoms with Crippen LogP contribution in [0.25, 0.3) is 21.8 Å². The van der Waals surface area contributed by atoms with Crippen LogP contribution in [0.4, 0.5) is 16.4 Å². The van der Waals surface area contributed by atoms with Gasteiger partial charge in [0.2, 0.25) is 10.0 Å². The molecule has 0 aliphatic heterocycles. The fraction of sp³-hybridized carbons (Fsp3) is 0.111. The van der Waals surface area contributed by atoms with Gasteiger partial charge in [0.15, 0.2) is 10.6 Å². The normalized spacial score (nSPS) is 12.1. The number of aryl methyl sites for hydroxylation is 1. The molecule has 0 saturated heterocycles. The molecular weight excluding hydrogens is 442 g/mol. The van der Waals surface area contributed by atoms with E-state index in [0.29, 0.717) is 21.9 Å². The van der Waals surface area contributed by atoms with Crippen molar-refractivity contribution in [3.8, 4) is 5.75 Å². The lowest BCUT2D eigenvalue weighted by atomic mass is 10.0. The van der Waals surface area contributed by atoms with Gasteiger partial charge in [0.05, 0.1) is 28.6 Å². The van der Waals surface area contributed by atoms with E-state index in [9.17, 15) is 18.3 Å². The van der Waals surface area contributed by atoms with E-state index >= 15 is 0 Å². The fourth-order valence-corrected chi connectivity index (χ4v) is 4.19. The van der Waals surface area contributed by atoms with Crippen LogP contribution in [0.3, 0.4) is 0 Å². The molecule has 13 heteroatoms. The quantitative estimate of drug-likeness (QED) is 0.386. The van der Waals surface area contributed by atoms with Crippen LogP contribution in [0.5, 0.6) is 5.75 Å². The summed E-state index contributed by atoms with van der Waals surface area (Å²) in [5, 5.41) is 20.4. The van der Waals surface area contributed by atoms with Crippen molar-refractivity contribution >= 4 is 65.6 Å². The van der Waals surface area contributed by atoms with Gasteiger partial charge < -0.3 is 10.8 Å². The first kappa shape index (κ1) is 20.6. The summed E-state index contributed by atoms with van der Waals surface area (Å²) in [7, 11) is -3.64. The highest BCUT2D eigenvalue weighted by atomic mass is 32.2. The molecule has 0 bridgehead atoms. The number of hydrogen-bond donors (Lipinski definition) is 3. The summed E-state index contributed by atoms with van der Waals surface area (Å²) in [6.45, 7) is 1.74. The van der Waals surface area contributed by atoms with Crippen LogP contribution in [-0.2, 0) is 10.0 Å². The monoisotopic (exact) mass is 457 g/mol. The van der Waals surface area contributed by atoms with Gasteiger partial charge in [-0.25, -0.2) is 18.4 Å². The molecule has 0 atom stereocenters. The third-order valence-corrected chi connectivity index (χ3v) is 5.59. The first-order valence-corrected chi connectivity index (χ1v) is 11.4. The van der Waals surface area contributed by atoms with E-state index in [-0.39, 0.29) is 33.5 Å². The molecule has 2 aromatic heterocycles. The van der Waals surface area contributed by atoms with E-state index in [1.165, 1.54) is 24.3 Å². The number of carbonyl (C=O) groups excluding carboxylic acids is 1. The van der Waals surface area contributed by atoms with E-state index in [4.69, 9.17) is 5.73 Å². The van der Waals surface area contributed by atoms with Crippen LogP contribution in [0.15, 0.2) is 40.7 Å². The number of fused-ring (bicyclic) bond motifs is 2. The Morgan fingerprint density at radius 1 is 1.26 bits per heavy atom. The van der Waals surface area contributed by atoms with Gasteiger partial charge in [-0.15, -0.1) is 10.2 Å². The van der Waals surface area contributed by atoms with E-state index < -0.39 is 15.9 Å². The van der Waals surface area contributed by atoms with Crippen molar-refractivity contribution in [2.24, 2.45) is 16.0 Å². The van der Waals surface area contributed by atoms with Gasteiger partial charge in [-0.05, 0) is 30.6 Å². The molecule has 0 spiro atoms. The molecule has 0 saturated carbocycles. The number of aromatic nitrogens is 3. The van der Waals surface area contributed by atoms with Crippen molar-refractivity contribution in [1.82, 2.24) is 14.3 Å². The SMILES string of the molecule is Cc1ncc2c(N=Nc3cc(C(N)=O)c(O)c4cccc(NS(C)(=O)=O)c34)snc2n1. The Bertz CT molecular complexity index is 1500. The van der Waals surface area contributed by atoms with Crippen molar-refractivity contribution < 1.29 is 18.3 Å². The van der Waals surface area contributed by atoms with Crippen LogP contribution in [-0.4, -0.2) is 40.0 Å². The zero-order chi connectivity index (χ0) is 22.3. The van der Waals surface area contributed by atoms with Gasteiger partial charge in [0, 0.05) is 17.0 Å². The average Bonchev–Trinajstić information content (AvgIpc) is 3.08. The lowest BCUT2D eigenvalue weighted by Crippen LogP contribution is -2.12. The molecule has 158 valence electrons. The second kappa shape index (κ2) is 7.52. The Balaban J connectivity index is 1.95. The summed E-state index contributed by atoms with van der Waals surface area (Å²) < 4.78 is 30.2. The summed E-state index contributed by atoms with van der Waals surface area (Å²) in [5.74, 6) is -0.691. The lowest BCUT2D eigenvalue weighted by molar-refractivity contribution is 0.0998. The average molecular weight is 457 g/mol. The van der Waals surface area contributed by atoms with Crippen LogP contribution in [0, 0.1) is 6.92 Å². The summed E-state index contributed by atoms with van der Waals surface area (Å²) in [6, 6.07) is 5.80. The van der Waals surface area contributed by atoms with Gasteiger partial charge in [-0.3, -0.25) is 9.52 Å². The molecule has 2 heterocycles. The number of rotatable bonds is 5. The Labute approximate surface area is 179 Å². The van der Waals surface area contributed by atoms with Gasteiger partial charge in [0.25, 0.3) is 5.91 Å². The number of anilines is 1. The van der Waals surface area contributed by atoms with Gasteiger partial charge in [-0.2, -0.15) is 4.37 Å². The predicted octanol–water partition coefficient (Wildman–Crippen LogP) is 3.14. The highest BCUT2D eigenvalue weighted by Crippen LogP contribution is 2.41. The number of nitrogens with zero attached hydrogens (tertiary/aromatic N) is 5. The van der Waals surface area contributed by atoms with Crippen molar-refractivity contribution in [3.63, 3.8) is 0 Å². The first-order valence-electron chi connectivity index (χ1n) is 8.71. The zero-order valence-electron chi connectivity index (χ0n) is 16.2. The summed E-state index contributed by atoms with van der Waals surface area (Å²) in [5.41, 5.74) is 5.97. The van der Waals surface area contributed by atoms with Gasteiger partial charge in [0.1, 0.15) is 11.6 Å². The van der Waals surface area contributed by atoms with E-state index in [1.807, 2.05) is 0 Å². The largest absolute Gasteiger partial charge is 0.506 e. The number of sulfonamides is 1. The summed E-state index contributed by atoms with van der Waals surface area (Å²) >= 11 is 1.06. The molecule has 4 rings (SSSR count). The topological polar surface area (TPSA) is 173 Å². The number of nitrogens with one attached hydrogen (secondary N) is 1. The zero-order valence-corrected chi connectivity index (χ0v) is 17.8. The predicted molar refractivity (Wildman–Crippen MR) is 117 cm³/mol. The number of azo groups is 1. The summed E-state index contributed by atoms with van der Waals surface area (Å²) in [4.78, 5) is 20.2. The second-order valence-electron chi connectivity index (χ2n) is 6.60. The number of amides is 1. The van der Waals surface area contributed by atoms with Gasteiger partial charge >= 0.3 is 0 Å². The molecule has 11 nitrogen and oxygen atoms in total. The maximum absolute atomic E-state index is 11.8. The fourth-order valence-electron chi connectivity index (χ4n) is 2.98. The van der Waals surface area contributed by atoms with Crippen molar-refractivity contribution in [1.29, 1.82) is 0 Å². The number of benzene rings is 2. The second-order valence-corrected chi connectivity index (χ2v) is 9.10. The highest BCUT2D eigenvalue weighted by molar-refractivity contribution is 7.92. The smallest absolute Gasteiger partial charge is 0.252 e. The Kier molecular flexibility index (Phi) is 4.99. The minimum atomic E-state index is -3.64. The van der Waals surface area contributed by atoms with Crippen LogP contribution in [0.1, 0.15) is 16.2 Å². The number of hydrogen-bond acceptors (Lipinski definition) is 10. The van der Waals surface area contributed by atoms with Crippen LogP contribution < -0.4 is 10.5 Å². The molecule has 31 heavy (non-hydrogen) atoms. The number of phenols is 1. The molecule has 1 amide bonds. The minimum absolute atomic E-state index is 0.128. The van der Waals surface area contributed by atoms with E-state index in [2.05, 4.69) is 29.3 Å². The third kappa shape index (κ3) is 4.00. The van der Waals surface area contributed by atoms with Gasteiger partial charge in [-0.1, -0.05) is 12.1 Å². The standard InChI is InChI=1S/C18H15N7O4S2/c1-8-20-7-11-17(21-8)24-30-18(11)23-22-13-6-10(16(19)27)15(26)9-4-3-5-12(14(9)13)25-31(2,28)29/h3-7,25-26H,1-2H3,(H2,19,27). The minimum Gasteiger partial charge on any atom is -0.506 e. The molecule has 4 N–H and O–H groups in total. The number of nitrogens with two attached hydrogens (primary N) is 1. The third-order valence-electron chi connectivity index (χ3n) is 4.26. The van der Waals surface area contributed by atoms with E-state index in [1.54, 1.807) is 13.1 Å². The Hall–Kier alpha value is -3.71. The molecule has 0 unspecified atom stereocenters. The van der Waals surface area contributed by atoms with Crippen molar-refractivity contribution in [2.45, 2.75) is 6.92 Å². The molecule has 4 aromatic rings. The molecule has 0 fully saturated rings. The number of carbonyl (C=O) groups is 1. The molecule has 0 radical (unpaired) electrons. The number of primary amides is 1. The van der Waals surface area contributed by atoms with Crippen molar-refractivity contribution in [3.05, 3.63) is 41.9 Å². The first-order chi connectivity index (χ1) is 14.6. The molecule has 0 aliphatic rings. The van der Waals surface area contributed by atoms with E-state index in [0.717, 1.165) is 17.8 Å². The molecular formula is C18H15N7O4S2. The lowest BCUT2D eigenvalue weighted by Gasteiger charge is -2.13. The Morgan fingerprint density at radius 2 is 2.03 bits per heavy atom. The summed E-state index contributed by atoms with van der Waals surface area (Å²) in [6.07, 6.45) is 2.58. The highest BCUT2D eigenvalue weighted by Gasteiger charge is 2.19. The maximum atomic E-state index is 11.8. The maximum Gasteiger partial charge on any atom is 0.252 e. The Morgan fingerprint density at radius 3 is 2.74 bits per heavy atom. The van der Waals surface area contributed by atoms with Crippen LogP contribution >= 0.6 is 11.5 Å².